The summed E-state index contributed by atoms with van der Waals surface area (Å²) in [5.41, 5.74) is 0.0988. The molecule has 1 fully saturated rings. The number of hydrogen-bond acceptors (Lipinski definition) is 5. The molecule has 0 radical (unpaired) electrons. The molecule has 4 nitrogen and oxygen atoms in total. The number of esters is 1. The first-order valence-electron chi connectivity index (χ1n) is 6.30. The van der Waals surface area contributed by atoms with Crippen molar-refractivity contribution in [1.82, 2.24) is 9.97 Å². The van der Waals surface area contributed by atoms with Gasteiger partial charge in [0.05, 0.1) is 13.5 Å². The van der Waals surface area contributed by atoms with E-state index in [9.17, 15) is 4.79 Å². The number of hydrogen-bond donors (Lipinski definition) is 0. The van der Waals surface area contributed by atoms with E-state index in [1.165, 1.54) is 7.11 Å². The smallest absolute Gasteiger partial charge is 0.306 e. The number of rotatable bonds is 6. The molecule has 0 bridgehead atoms. The average Bonchev–Trinajstić information content (AvgIpc) is 3.16. The molecule has 2 rings (SSSR count). The van der Waals surface area contributed by atoms with Gasteiger partial charge in [-0.15, -0.1) is 11.8 Å². The molecule has 1 aliphatic rings. The fraction of sp³-hybridized carbons (Fsp3) is 0.615. The van der Waals surface area contributed by atoms with Crippen molar-refractivity contribution in [2.24, 2.45) is 5.41 Å². The molecule has 104 valence electrons. The van der Waals surface area contributed by atoms with Gasteiger partial charge in [0.25, 0.3) is 0 Å². The third-order valence-corrected chi connectivity index (χ3v) is 4.72. The molecule has 6 heteroatoms. The summed E-state index contributed by atoms with van der Waals surface area (Å²) in [5.74, 6) is 1.50. The Morgan fingerprint density at radius 3 is 2.84 bits per heavy atom. The molecule has 0 saturated heterocycles. The predicted octanol–water partition coefficient (Wildman–Crippen LogP) is 3.13. The lowest BCUT2D eigenvalue weighted by Gasteiger charge is -2.12. The summed E-state index contributed by atoms with van der Waals surface area (Å²) in [7, 11) is 1.43. The fourth-order valence-electron chi connectivity index (χ4n) is 1.83. The van der Waals surface area contributed by atoms with Crippen LogP contribution in [0.25, 0.3) is 0 Å². The Morgan fingerprint density at radius 1 is 1.53 bits per heavy atom. The van der Waals surface area contributed by atoms with Crippen LogP contribution in [0, 0.1) is 5.41 Å². The lowest BCUT2D eigenvalue weighted by molar-refractivity contribution is -0.141. The fourth-order valence-corrected chi connectivity index (χ4v) is 3.30. The van der Waals surface area contributed by atoms with Gasteiger partial charge in [-0.3, -0.25) is 4.79 Å². The van der Waals surface area contributed by atoms with Gasteiger partial charge in [-0.1, -0.05) is 18.5 Å². The normalized spacial score (nSPS) is 16.2. The molecule has 19 heavy (non-hydrogen) atoms. The van der Waals surface area contributed by atoms with Crippen LogP contribution in [0.4, 0.5) is 0 Å². The molecule has 0 amide bonds. The van der Waals surface area contributed by atoms with Gasteiger partial charge in [-0.05, 0) is 18.3 Å². The maximum absolute atomic E-state index is 11.4. The Morgan fingerprint density at radius 2 is 2.26 bits per heavy atom. The minimum absolute atomic E-state index is 0.0988. The standard InChI is InChI=1S/C13H17ClN2O2S/c1-3-10-15-9(14)6-11(16-10)19-8-13(4-5-13)7-12(17)18-2/h6H,3-5,7-8H2,1-2H3. The van der Waals surface area contributed by atoms with Crippen molar-refractivity contribution in [2.75, 3.05) is 12.9 Å². The van der Waals surface area contributed by atoms with E-state index in [0.29, 0.717) is 11.6 Å². The maximum Gasteiger partial charge on any atom is 0.306 e. The number of methoxy groups -OCH3 is 1. The van der Waals surface area contributed by atoms with Gasteiger partial charge in [0.1, 0.15) is 16.0 Å². The van der Waals surface area contributed by atoms with Gasteiger partial charge in [0.2, 0.25) is 0 Å². The molecule has 0 spiro atoms. The highest BCUT2D eigenvalue weighted by atomic mass is 35.5. The quantitative estimate of drug-likeness (QED) is 0.459. The molecule has 0 N–H and O–H groups in total. The summed E-state index contributed by atoms with van der Waals surface area (Å²) in [4.78, 5) is 19.9. The zero-order valence-electron chi connectivity index (χ0n) is 11.1. The van der Waals surface area contributed by atoms with Crippen molar-refractivity contribution in [3.05, 3.63) is 17.0 Å². The van der Waals surface area contributed by atoms with Crippen molar-refractivity contribution < 1.29 is 9.53 Å². The van der Waals surface area contributed by atoms with Crippen LogP contribution in [0.5, 0.6) is 0 Å². The third-order valence-electron chi connectivity index (χ3n) is 3.26. The van der Waals surface area contributed by atoms with Gasteiger partial charge in [0, 0.05) is 18.2 Å². The summed E-state index contributed by atoms with van der Waals surface area (Å²) >= 11 is 7.61. The van der Waals surface area contributed by atoms with E-state index in [2.05, 4.69) is 9.97 Å². The second-order valence-electron chi connectivity index (χ2n) is 4.84. The molecule has 0 aliphatic heterocycles. The number of halogens is 1. The second kappa shape index (κ2) is 6.09. The number of thioether (sulfide) groups is 1. The predicted molar refractivity (Wildman–Crippen MR) is 75.4 cm³/mol. The van der Waals surface area contributed by atoms with Gasteiger partial charge in [0.15, 0.2) is 0 Å². The first-order valence-corrected chi connectivity index (χ1v) is 7.66. The van der Waals surface area contributed by atoms with Crippen molar-refractivity contribution in [3.63, 3.8) is 0 Å². The van der Waals surface area contributed by atoms with Gasteiger partial charge in [-0.25, -0.2) is 9.97 Å². The third kappa shape index (κ3) is 4.08. The Kier molecular flexibility index (Phi) is 4.68. The Balaban J connectivity index is 1.95. The number of ether oxygens (including phenoxy) is 1. The highest BCUT2D eigenvalue weighted by molar-refractivity contribution is 7.99. The summed E-state index contributed by atoms with van der Waals surface area (Å²) in [6.45, 7) is 2.00. The van der Waals surface area contributed by atoms with Crippen LogP contribution in [0.15, 0.2) is 11.1 Å². The number of aryl methyl sites for hydroxylation is 1. The number of carbonyl (C=O) groups is 1. The minimum Gasteiger partial charge on any atom is -0.469 e. The molecular weight excluding hydrogens is 284 g/mol. The Hall–Kier alpha value is -0.810. The van der Waals surface area contributed by atoms with E-state index in [4.69, 9.17) is 16.3 Å². The molecule has 1 heterocycles. The molecule has 1 saturated carbocycles. The number of aromatic nitrogens is 2. The van der Waals surface area contributed by atoms with Gasteiger partial charge >= 0.3 is 5.97 Å². The van der Waals surface area contributed by atoms with Crippen molar-refractivity contribution >= 4 is 29.3 Å². The number of nitrogens with zero attached hydrogens (tertiary/aromatic N) is 2. The summed E-state index contributed by atoms with van der Waals surface area (Å²) in [6.07, 6.45) is 3.42. The average molecular weight is 301 g/mol. The highest BCUT2D eigenvalue weighted by Gasteiger charge is 2.44. The van der Waals surface area contributed by atoms with Crippen LogP contribution < -0.4 is 0 Å². The Labute approximate surface area is 122 Å². The Bertz CT molecular complexity index is 478. The number of carbonyl (C=O) groups excluding carboxylic acids is 1. The molecule has 0 aromatic carbocycles. The summed E-state index contributed by atoms with van der Waals surface area (Å²) in [6, 6.07) is 1.78. The van der Waals surface area contributed by atoms with E-state index in [1.54, 1.807) is 17.8 Å². The second-order valence-corrected chi connectivity index (χ2v) is 6.22. The molecule has 1 aromatic rings. The summed E-state index contributed by atoms with van der Waals surface area (Å²) in [5, 5.41) is 1.36. The van der Waals surface area contributed by atoms with E-state index in [-0.39, 0.29) is 11.4 Å². The van der Waals surface area contributed by atoms with Crippen LogP contribution >= 0.6 is 23.4 Å². The van der Waals surface area contributed by atoms with Crippen LogP contribution in [-0.2, 0) is 16.0 Å². The lowest BCUT2D eigenvalue weighted by atomic mass is 10.1. The van der Waals surface area contributed by atoms with Gasteiger partial charge in [-0.2, -0.15) is 0 Å². The molecule has 0 atom stereocenters. The zero-order valence-corrected chi connectivity index (χ0v) is 12.7. The molecule has 1 aliphatic carbocycles. The minimum atomic E-state index is -0.131. The molecule has 0 unspecified atom stereocenters. The van der Waals surface area contributed by atoms with Crippen LogP contribution in [0.1, 0.15) is 32.0 Å². The SMILES string of the molecule is CCc1nc(Cl)cc(SCC2(CC(=O)OC)CC2)n1. The van der Waals surface area contributed by atoms with Crippen LogP contribution in [-0.4, -0.2) is 28.8 Å². The molecule has 1 aromatic heterocycles. The topological polar surface area (TPSA) is 52.1 Å². The van der Waals surface area contributed by atoms with E-state index in [1.807, 2.05) is 6.92 Å². The van der Waals surface area contributed by atoms with Crippen molar-refractivity contribution in [2.45, 2.75) is 37.6 Å². The van der Waals surface area contributed by atoms with Crippen molar-refractivity contribution in [3.8, 4) is 0 Å². The van der Waals surface area contributed by atoms with Crippen LogP contribution in [0.3, 0.4) is 0 Å². The zero-order chi connectivity index (χ0) is 13.9. The largest absolute Gasteiger partial charge is 0.469 e. The van der Waals surface area contributed by atoms with Gasteiger partial charge < -0.3 is 4.74 Å². The van der Waals surface area contributed by atoms with E-state index >= 15 is 0 Å². The molecular formula is C13H17ClN2O2S. The maximum atomic E-state index is 11.4. The first kappa shape index (κ1) is 14.6. The van der Waals surface area contributed by atoms with E-state index in [0.717, 1.165) is 35.9 Å². The summed E-state index contributed by atoms with van der Waals surface area (Å²) < 4.78 is 4.74. The monoisotopic (exact) mass is 300 g/mol. The highest BCUT2D eigenvalue weighted by Crippen LogP contribution is 2.52. The first-order chi connectivity index (χ1) is 9.07. The van der Waals surface area contributed by atoms with Crippen LogP contribution in [0.2, 0.25) is 5.15 Å². The van der Waals surface area contributed by atoms with E-state index < -0.39 is 0 Å². The van der Waals surface area contributed by atoms with Crippen molar-refractivity contribution in [1.29, 1.82) is 0 Å². The lowest BCUT2D eigenvalue weighted by Crippen LogP contribution is -2.13.